The van der Waals surface area contributed by atoms with Gasteiger partial charge in [0.15, 0.2) is 0 Å². The first-order valence-corrected chi connectivity index (χ1v) is 8.93. The van der Waals surface area contributed by atoms with Crippen molar-refractivity contribution in [2.24, 2.45) is 11.3 Å². The molecule has 7 heteroatoms. The zero-order valence-corrected chi connectivity index (χ0v) is 15.4. The average Bonchev–Trinajstić information content (AvgIpc) is 2.94. The Balaban J connectivity index is 1.97. The topological polar surface area (TPSA) is 75.2 Å². The maximum atomic E-state index is 12.5. The third kappa shape index (κ3) is 4.50. The molecule has 2 rings (SSSR count). The van der Waals surface area contributed by atoms with Gasteiger partial charge in [-0.15, -0.1) is 10.2 Å². The standard InChI is InChI=1S/C16H26N4O2S/c1-10(2)13-18-19-15(23-13)17-12(21)11-7-6-8-20(9-11)14(22)16(3,4)5/h10-11H,6-9H2,1-5H3,(H,17,19,21). The molecule has 1 N–H and O–H groups in total. The summed E-state index contributed by atoms with van der Waals surface area (Å²) in [6.07, 6.45) is 1.66. The second-order valence-corrected chi connectivity index (χ2v) is 8.44. The Morgan fingerprint density at radius 1 is 1.30 bits per heavy atom. The van der Waals surface area contributed by atoms with E-state index in [0.717, 1.165) is 24.4 Å². The second kappa shape index (κ2) is 6.95. The molecule has 1 atom stereocenters. The fraction of sp³-hybridized carbons (Fsp3) is 0.750. The third-order valence-corrected chi connectivity index (χ3v) is 5.02. The third-order valence-electron chi connectivity index (χ3n) is 3.89. The maximum absolute atomic E-state index is 12.5. The fourth-order valence-electron chi connectivity index (χ4n) is 2.58. The van der Waals surface area contributed by atoms with Crippen molar-refractivity contribution in [3.63, 3.8) is 0 Å². The van der Waals surface area contributed by atoms with Crippen LogP contribution in [0, 0.1) is 11.3 Å². The van der Waals surface area contributed by atoms with E-state index in [1.807, 2.05) is 39.5 Å². The van der Waals surface area contributed by atoms with Crippen molar-refractivity contribution in [2.45, 2.75) is 53.4 Å². The van der Waals surface area contributed by atoms with Crippen LogP contribution < -0.4 is 5.32 Å². The van der Waals surface area contributed by atoms with Gasteiger partial charge in [0.05, 0.1) is 5.92 Å². The highest BCUT2D eigenvalue weighted by Crippen LogP contribution is 2.26. The van der Waals surface area contributed by atoms with Crippen molar-refractivity contribution >= 4 is 28.3 Å². The molecule has 1 saturated heterocycles. The lowest BCUT2D eigenvalue weighted by Gasteiger charge is -2.35. The molecular weight excluding hydrogens is 312 g/mol. The van der Waals surface area contributed by atoms with E-state index < -0.39 is 5.41 Å². The molecule has 0 saturated carbocycles. The number of nitrogens with zero attached hydrogens (tertiary/aromatic N) is 3. The molecule has 0 spiro atoms. The van der Waals surface area contributed by atoms with Gasteiger partial charge in [-0.1, -0.05) is 46.0 Å². The van der Waals surface area contributed by atoms with E-state index in [2.05, 4.69) is 15.5 Å². The summed E-state index contributed by atoms with van der Waals surface area (Å²) in [4.78, 5) is 26.7. The minimum Gasteiger partial charge on any atom is -0.341 e. The van der Waals surface area contributed by atoms with Gasteiger partial charge in [0.2, 0.25) is 16.9 Å². The number of nitrogens with one attached hydrogen (secondary N) is 1. The van der Waals surface area contributed by atoms with Gasteiger partial charge in [-0.05, 0) is 12.8 Å². The van der Waals surface area contributed by atoms with Crippen LogP contribution in [0.4, 0.5) is 5.13 Å². The minimum atomic E-state index is -0.413. The lowest BCUT2D eigenvalue weighted by Crippen LogP contribution is -2.47. The van der Waals surface area contributed by atoms with Gasteiger partial charge in [-0.3, -0.25) is 9.59 Å². The Morgan fingerprint density at radius 3 is 2.57 bits per heavy atom. The number of piperidine rings is 1. The van der Waals surface area contributed by atoms with Crippen LogP contribution in [0.5, 0.6) is 0 Å². The van der Waals surface area contributed by atoms with Gasteiger partial charge in [0.1, 0.15) is 5.01 Å². The summed E-state index contributed by atoms with van der Waals surface area (Å²) in [6.45, 7) is 11.0. The number of rotatable bonds is 3. The Kier molecular flexibility index (Phi) is 5.39. The summed E-state index contributed by atoms with van der Waals surface area (Å²) >= 11 is 1.41. The Bertz CT molecular complexity index is 577. The van der Waals surface area contributed by atoms with Crippen LogP contribution in [0.15, 0.2) is 0 Å². The molecule has 1 aromatic rings. The second-order valence-electron chi connectivity index (χ2n) is 7.43. The normalized spacial score (nSPS) is 19.0. The highest BCUT2D eigenvalue weighted by Gasteiger charge is 2.33. The SMILES string of the molecule is CC(C)c1nnc(NC(=O)C2CCCN(C(=O)C(C)(C)C)C2)s1. The number of hydrogen-bond donors (Lipinski definition) is 1. The van der Waals surface area contributed by atoms with Gasteiger partial charge < -0.3 is 10.2 Å². The van der Waals surface area contributed by atoms with Gasteiger partial charge >= 0.3 is 0 Å². The van der Waals surface area contributed by atoms with Gasteiger partial charge in [0.25, 0.3) is 0 Å². The maximum Gasteiger partial charge on any atom is 0.231 e. The average molecular weight is 338 g/mol. The van der Waals surface area contributed by atoms with E-state index in [4.69, 9.17) is 0 Å². The highest BCUT2D eigenvalue weighted by molar-refractivity contribution is 7.15. The van der Waals surface area contributed by atoms with E-state index in [1.165, 1.54) is 11.3 Å². The highest BCUT2D eigenvalue weighted by atomic mass is 32.1. The van der Waals surface area contributed by atoms with Crippen LogP contribution in [0.1, 0.15) is 58.4 Å². The van der Waals surface area contributed by atoms with E-state index in [0.29, 0.717) is 17.6 Å². The van der Waals surface area contributed by atoms with Crippen LogP contribution in [0.3, 0.4) is 0 Å². The molecule has 6 nitrogen and oxygen atoms in total. The molecule has 1 aliphatic rings. The Hall–Kier alpha value is -1.50. The van der Waals surface area contributed by atoms with Crippen LogP contribution >= 0.6 is 11.3 Å². The van der Waals surface area contributed by atoms with Gasteiger partial charge in [0, 0.05) is 24.4 Å². The van der Waals surface area contributed by atoms with Crippen LogP contribution in [0.25, 0.3) is 0 Å². The molecule has 1 fully saturated rings. The molecule has 1 unspecified atom stereocenters. The molecule has 1 aromatic heterocycles. The van der Waals surface area contributed by atoms with E-state index in [1.54, 1.807) is 0 Å². The van der Waals surface area contributed by atoms with Crippen molar-refractivity contribution in [2.75, 3.05) is 18.4 Å². The zero-order valence-electron chi connectivity index (χ0n) is 14.5. The summed E-state index contributed by atoms with van der Waals surface area (Å²) in [7, 11) is 0. The van der Waals surface area contributed by atoms with Crippen LogP contribution in [-0.2, 0) is 9.59 Å². The van der Waals surface area contributed by atoms with Gasteiger partial charge in [-0.2, -0.15) is 0 Å². The first kappa shape index (κ1) is 17.8. The van der Waals surface area contributed by atoms with E-state index in [9.17, 15) is 9.59 Å². The summed E-state index contributed by atoms with van der Waals surface area (Å²) < 4.78 is 0. The number of hydrogen-bond acceptors (Lipinski definition) is 5. The zero-order chi connectivity index (χ0) is 17.2. The van der Waals surface area contributed by atoms with E-state index in [-0.39, 0.29) is 17.7 Å². The predicted molar refractivity (Wildman–Crippen MR) is 91.4 cm³/mol. The molecule has 0 radical (unpaired) electrons. The lowest BCUT2D eigenvalue weighted by atomic mass is 9.91. The summed E-state index contributed by atoms with van der Waals surface area (Å²) in [5.41, 5.74) is -0.413. The molecular formula is C16H26N4O2S. The Morgan fingerprint density at radius 2 is 2.00 bits per heavy atom. The molecule has 23 heavy (non-hydrogen) atoms. The molecule has 0 aliphatic carbocycles. The predicted octanol–water partition coefficient (Wildman–Crippen LogP) is 2.88. The Labute approximate surface area is 141 Å². The number of anilines is 1. The van der Waals surface area contributed by atoms with Gasteiger partial charge in [-0.25, -0.2) is 0 Å². The molecule has 0 bridgehead atoms. The molecule has 0 aromatic carbocycles. The first-order valence-electron chi connectivity index (χ1n) is 8.12. The monoisotopic (exact) mass is 338 g/mol. The largest absolute Gasteiger partial charge is 0.341 e. The van der Waals surface area contributed by atoms with Crippen molar-refractivity contribution in [1.82, 2.24) is 15.1 Å². The van der Waals surface area contributed by atoms with Crippen LogP contribution in [0.2, 0.25) is 0 Å². The van der Waals surface area contributed by atoms with Crippen LogP contribution in [-0.4, -0.2) is 40.0 Å². The number of aromatic nitrogens is 2. The fourth-order valence-corrected chi connectivity index (χ4v) is 3.32. The summed E-state index contributed by atoms with van der Waals surface area (Å²) in [6, 6.07) is 0. The van der Waals surface area contributed by atoms with Crippen molar-refractivity contribution in [3.05, 3.63) is 5.01 Å². The number of carbonyl (C=O) groups is 2. The molecule has 2 heterocycles. The molecule has 2 amide bonds. The van der Waals surface area contributed by atoms with E-state index >= 15 is 0 Å². The minimum absolute atomic E-state index is 0.0668. The number of carbonyl (C=O) groups excluding carboxylic acids is 2. The molecule has 1 aliphatic heterocycles. The number of amides is 2. The number of likely N-dealkylation sites (tertiary alicyclic amines) is 1. The van der Waals surface area contributed by atoms with Crippen molar-refractivity contribution in [3.8, 4) is 0 Å². The first-order chi connectivity index (χ1) is 10.7. The molecule has 128 valence electrons. The van der Waals surface area contributed by atoms with Crippen molar-refractivity contribution in [1.29, 1.82) is 0 Å². The summed E-state index contributed by atoms with van der Waals surface area (Å²) in [5.74, 6) is 0.157. The smallest absolute Gasteiger partial charge is 0.231 e. The lowest BCUT2D eigenvalue weighted by molar-refractivity contribution is -0.142. The van der Waals surface area contributed by atoms with Crippen molar-refractivity contribution < 1.29 is 9.59 Å². The quantitative estimate of drug-likeness (QED) is 0.919. The summed E-state index contributed by atoms with van der Waals surface area (Å²) in [5, 5.41) is 12.4.